The summed E-state index contributed by atoms with van der Waals surface area (Å²) < 4.78 is 10.5. The molecule has 1 atom stereocenters. The lowest BCUT2D eigenvalue weighted by Crippen LogP contribution is -2.39. The molecule has 124 valence electrons. The zero-order chi connectivity index (χ0) is 17.1. The molecule has 0 fully saturated rings. The van der Waals surface area contributed by atoms with Gasteiger partial charge in [0, 0.05) is 12.6 Å². The molecular formula is C17H16N2O5. The highest BCUT2D eigenvalue weighted by Crippen LogP contribution is 2.32. The van der Waals surface area contributed by atoms with Crippen molar-refractivity contribution in [3.8, 4) is 17.2 Å². The smallest absolute Gasteiger partial charge is 0.252 e. The van der Waals surface area contributed by atoms with Gasteiger partial charge in [0.15, 0.2) is 11.5 Å². The largest absolute Gasteiger partial charge is 0.508 e. The molecule has 1 unspecified atom stereocenters. The van der Waals surface area contributed by atoms with Crippen LogP contribution in [0.15, 0.2) is 42.5 Å². The van der Waals surface area contributed by atoms with E-state index in [1.165, 1.54) is 19.2 Å². The summed E-state index contributed by atoms with van der Waals surface area (Å²) in [7, 11) is 1.49. The van der Waals surface area contributed by atoms with Gasteiger partial charge in [0.05, 0.1) is 0 Å². The van der Waals surface area contributed by atoms with Gasteiger partial charge in [-0.3, -0.25) is 9.59 Å². The zero-order valence-corrected chi connectivity index (χ0v) is 12.9. The molecule has 0 saturated heterocycles. The van der Waals surface area contributed by atoms with Crippen LogP contribution in [0.4, 0.5) is 0 Å². The molecule has 0 radical (unpaired) electrons. The number of hydrogen-bond donors (Lipinski definition) is 3. The van der Waals surface area contributed by atoms with Gasteiger partial charge in [0.25, 0.3) is 5.91 Å². The van der Waals surface area contributed by atoms with E-state index in [1.54, 1.807) is 30.3 Å². The lowest BCUT2D eigenvalue weighted by Gasteiger charge is -2.18. The number of amides is 2. The van der Waals surface area contributed by atoms with Gasteiger partial charge < -0.3 is 25.2 Å². The van der Waals surface area contributed by atoms with E-state index in [2.05, 4.69) is 10.6 Å². The Balaban J connectivity index is 1.83. The topological polar surface area (TPSA) is 96.9 Å². The molecule has 0 aromatic heterocycles. The van der Waals surface area contributed by atoms with Crippen LogP contribution in [0.25, 0.3) is 0 Å². The number of phenols is 1. The third-order valence-corrected chi connectivity index (χ3v) is 3.65. The van der Waals surface area contributed by atoms with Crippen LogP contribution in [0.3, 0.4) is 0 Å². The summed E-state index contributed by atoms with van der Waals surface area (Å²) in [5.74, 6) is 0.359. The number of fused-ring (bicyclic) bond motifs is 1. The monoisotopic (exact) mass is 328 g/mol. The van der Waals surface area contributed by atoms with E-state index in [9.17, 15) is 14.7 Å². The van der Waals surface area contributed by atoms with Crippen LogP contribution in [-0.2, 0) is 4.79 Å². The lowest BCUT2D eigenvalue weighted by molar-refractivity contribution is -0.122. The summed E-state index contributed by atoms with van der Waals surface area (Å²) in [4.78, 5) is 24.6. The minimum atomic E-state index is -0.881. The van der Waals surface area contributed by atoms with E-state index >= 15 is 0 Å². The maximum Gasteiger partial charge on any atom is 0.252 e. The third kappa shape index (κ3) is 3.10. The summed E-state index contributed by atoms with van der Waals surface area (Å²) in [5, 5.41) is 14.6. The highest BCUT2D eigenvalue weighted by atomic mass is 16.7. The van der Waals surface area contributed by atoms with Crippen LogP contribution in [0.2, 0.25) is 0 Å². The second-order valence-corrected chi connectivity index (χ2v) is 5.18. The molecule has 1 aliphatic rings. The Morgan fingerprint density at radius 3 is 2.50 bits per heavy atom. The summed E-state index contributed by atoms with van der Waals surface area (Å²) >= 11 is 0. The van der Waals surface area contributed by atoms with E-state index in [4.69, 9.17) is 9.47 Å². The van der Waals surface area contributed by atoms with Crippen molar-refractivity contribution in [1.29, 1.82) is 0 Å². The standard InChI is InChI=1S/C17H16N2O5/c1-18-17(22)15(10-2-5-12(20)6-3-10)19-16(21)11-4-7-13-14(8-11)24-9-23-13/h2-8,15,20H,9H2,1H3,(H,18,22)(H,19,21). The molecule has 3 rings (SSSR count). The predicted octanol–water partition coefficient (Wildman–Crippen LogP) is 1.34. The molecule has 2 amide bonds. The second kappa shape index (κ2) is 6.49. The maximum atomic E-state index is 12.5. The minimum absolute atomic E-state index is 0.0801. The number of carbonyl (C=O) groups is 2. The minimum Gasteiger partial charge on any atom is -0.508 e. The van der Waals surface area contributed by atoms with Gasteiger partial charge in [0.2, 0.25) is 12.7 Å². The summed E-state index contributed by atoms with van der Waals surface area (Å²) in [6, 6.07) is 10.00. The van der Waals surface area contributed by atoms with Crippen LogP contribution in [0.5, 0.6) is 17.2 Å². The molecule has 0 spiro atoms. The van der Waals surface area contributed by atoms with Crippen LogP contribution in [-0.4, -0.2) is 30.8 Å². The molecule has 7 heteroatoms. The molecule has 24 heavy (non-hydrogen) atoms. The predicted molar refractivity (Wildman–Crippen MR) is 84.9 cm³/mol. The maximum absolute atomic E-state index is 12.5. The Bertz CT molecular complexity index is 773. The average molecular weight is 328 g/mol. The van der Waals surface area contributed by atoms with Gasteiger partial charge in [-0.1, -0.05) is 12.1 Å². The number of hydrogen-bond acceptors (Lipinski definition) is 5. The Labute approximate surface area is 138 Å². The Hall–Kier alpha value is -3.22. The molecule has 7 nitrogen and oxygen atoms in total. The number of rotatable bonds is 4. The molecule has 0 saturated carbocycles. The molecule has 0 aliphatic carbocycles. The number of phenolic OH excluding ortho intramolecular Hbond substituents is 1. The average Bonchev–Trinajstić information content (AvgIpc) is 3.07. The first kappa shape index (κ1) is 15.7. The fourth-order valence-corrected chi connectivity index (χ4v) is 2.36. The van der Waals surface area contributed by atoms with Crippen molar-refractivity contribution in [2.45, 2.75) is 6.04 Å². The van der Waals surface area contributed by atoms with Crippen molar-refractivity contribution < 1.29 is 24.2 Å². The molecule has 1 heterocycles. The first-order valence-electron chi connectivity index (χ1n) is 7.29. The van der Waals surface area contributed by atoms with Crippen LogP contribution >= 0.6 is 0 Å². The highest BCUT2D eigenvalue weighted by molar-refractivity contribution is 5.98. The van der Waals surface area contributed by atoms with Crippen molar-refractivity contribution in [2.24, 2.45) is 0 Å². The summed E-state index contributed by atoms with van der Waals surface area (Å²) in [6.07, 6.45) is 0. The second-order valence-electron chi connectivity index (χ2n) is 5.18. The van der Waals surface area contributed by atoms with E-state index in [0.29, 0.717) is 22.6 Å². The lowest BCUT2D eigenvalue weighted by atomic mass is 10.0. The summed E-state index contributed by atoms with van der Waals surface area (Å²) in [6.45, 7) is 0.120. The van der Waals surface area contributed by atoms with E-state index < -0.39 is 11.9 Å². The molecule has 0 bridgehead atoms. The Morgan fingerprint density at radius 2 is 1.79 bits per heavy atom. The van der Waals surface area contributed by atoms with Crippen molar-refractivity contribution in [3.63, 3.8) is 0 Å². The van der Waals surface area contributed by atoms with Crippen LogP contribution < -0.4 is 20.1 Å². The van der Waals surface area contributed by atoms with E-state index in [1.807, 2.05) is 0 Å². The SMILES string of the molecule is CNC(=O)C(NC(=O)c1ccc2c(c1)OCO2)c1ccc(O)cc1. The number of aromatic hydroxyl groups is 1. The number of nitrogens with one attached hydrogen (secondary N) is 2. The van der Waals surface area contributed by atoms with E-state index in [0.717, 1.165) is 0 Å². The quantitative estimate of drug-likeness (QED) is 0.787. The van der Waals surface area contributed by atoms with Gasteiger partial charge in [-0.2, -0.15) is 0 Å². The molecule has 1 aliphatic heterocycles. The third-order valence-electron chi connectivity index (χ3n) is 3.65. The van der Waals surface area contributed by atoms with Gasteiger partial charge in [-0.15, -0.1) is 0 Å². The molecule has 2 aromatic rings. The number of likely N-dealkylation sites (N-methyl/N-ethyl adjacent to an activating group) is 1. The van der Waals surface area contributed by atoms with Crippen LogP contribution in [0, 0.1) is 0 Å². The Kier molecular flexibility index (Phi) is 4.24. The fourth-order valence-electron chi connectivity index (χ4n) is 2.36. The normalized spacial score (nSPS) is 13.2. The van der Waals surface area contributed by atoms with Crippen molar-refractivity contribution in [3.05, 3.63) is 53.6 Å². The summed E-state index contributed by atoms with van der Waals surface area (Å²) in [5.41, 5.74) is 0.910. The molecular weight excluding hydrogens is 312 g/mol. The van der Waals surface area contributed by atoms with Gasteiger partial charge in [-0.25, -0.2) is 0 Å². The first-order valence-corrected chi connectivity index (χ1v) is 7.29. The van der Waals surface area contributed by atoms with Crippen molar-refractivity contribution in [1.82, 2.24) is 10.6 Å². The first-order chi connectivity index (χ1) is 11.6. The zero-order valence-electron chi connectivity index (χ0n) is 12.9. The number of carbonyl (C=O) groups excluding carboxylic acids is 2. The van der Waals surface area contributed by atoms with Gasteiger partial charge in [0.1, 0.15) is 11.8 Å². The van der Waals surface area contributed by atoms with Crippen molar-refractivity contribution in [2.75, 3.05) is 13.8 Å². The fraction of sp³-hybridized carbons (Fsp3) is 0.176. The molecule has 2 aromatic carbocycles. The number of benzene rings is 2. The number of ether oxygens (including phenoxy) is 2. The highest BCUT2D eigenvalue weighted by Gasteiger charge is 2.23. The van der Waals surface area contributed by atoms with Crippen molar-refractivity contribution >= 4 is 11.8 Å². The van der Waals surface area contributed by atoms with Gasteiger partial charge >= 0.3 is 0 Å². The van der Waals surface area contributed by atoms with E-state index in [-0.39, 0.29) is 18.4 Å². The van der Waals surface area contributed by atoms with Crippen LogP contribution in [0.1, 0.15) is 22.0 Å². The van der Waals surface area contributed by atoms with Gasteiger partial charge in [-0.05, 0) is 35.9 Å². The molecule has 3 N–H and O–H groups in total. The Morgan fingerprint density at radius 1 is 1.08 bits per heavy atom.